The van der Waals surface area contributed by atoms with Crippen LogP contribution >= 0.6 is 0 Å². The van der Waals surface area contributed by atoms with Gasteiger partial charge in [-0.05, 0) is 43.4 Å². The van der Waals surface area contributed by atoms with Gasteiger partial charge in [0.2, 0.25) is 11.8 Å². The first-order chi connectivity index (χ1) is 17.0. The topological polar surface area (TPSA) is 136 Å². The van der Waals surface area contributed by atoms with Crippen molar-refractivity contribution < 1.29 is 19.1 Å². The zero-order valence-electron chi connectivity index (χ0n) is 20.1. The van der Waals surface area contributed by atoms with E-state index in [0.717, 1.165) is 36.6 Å². The predicted molar refractivity (Wildman–Crippen MR) is 131 cm³/mol. The number of carbonyl (C=O) groups is 3. The quantitative estimate of drug-likeness (QED) is 0.438. The molecule has 1 aliphatic carbocycles. The number of hydrogen-bond donors (Lipinski definition) is 4. The molecule has 9 nitrogen and oxygen atoms in total. The third-order valence-electron chi connectivity index (χ3n) is 7.16. The maximum atomic E-state index is 13.3. The summed E-state index contributed by atoms with van der Waals surface area (Å²) in [7, 11) is 1.58. The number of H-pyrrole nitrogens is 1. The highest BCUT2D eigenvalue weighted by Gasteiger charge is 2.31. The van der Waals surface area contributed by atoms with Crippen LogP contribution < -0.4 is 20.7 Å². The number of nitrogens with one attached hydrogen (secondary N) is 4. The van der Waals surface area contributed by atoms with E-state index >= 15 is 0 Å². The van der Waals surface area contributed by atoms with E-state index < -0.39 is 12.1 Å². The third kappa shape index (κ3) is 5.94. The summed E-state index contributed by atoms with van der Waals surface area (Å²) in [4.78, 5) is 41.5. The molecule has 1 saturated carbocycles. The number of nitrogens with zero attached hydrogens (tertiary/aromatic N) is 1. The summed E-state index contributed by atoms with van der Waals surface area (Å²) in [6.45, 7) is 0.589. The summed E-state index contributed by atoms with van der Waals surface area (Å²) in [5.41, 5.74) is 1.10. The number of hydrogen-bond acceptors (Lipinski definition) is 5. The summed E-state index contributed by atoms with van der Waals surface area (Å²) >= 11 is 0. The van der Waals surface area contributed by atoms with Gasteiger partial charge in [-0.3, -0.25) is 14.4 Å². The maximum absolute atomic E-state index is 13.3. The van der Waals surface area contributed by atoms with Gasteiger partial charge in [0.25, 0.3) is 5.91 Å². The van der Waals surface area contributed by atoms with Crippen molar-refractivity contribution in [3.63, 3.8) is 0 Å². The molecule has 0 bridgehead atoms. The van der Waals surface area contributed by atoms with E-state index in [1.165, 1.54) is 6.42 Å². The number of methoxy groups -OCH3 is 1. The Hall–Kier alpha value is -3.54. The van der Waals surface area contributed by atoms with Crippen LogP contribution in [0.25, 0.3) is 10.9 Å². The average Bonchev–Trinajstić information content (AvgIpc) is 3.49. The molecule has 2 unspecified atom stereocenters. The second kappa shape index (κ2) is 11.3. The first kappa shape index (κ1) is 24.6. The Morgan fingerprint density at radius 1 is 1.17 bits per heavy atom. The van der Waals surface area contributed by atoms with E-state index in [9.17, 15) is 19.6 Å². The molecule has 9 heteroatoms. The largest absolute Gasteiger partial charge is 0.496 e. The van der Waals surface area contributed by atoms with Gasteiger partial charge >= 0.3 is 0 Å². The molecule has 1 saturated heterocycles. The van der Waals surface area contributed by atoms with Gasteiger partial charge in [-0.25, -0.2) is 0 Å². The minimum absolute atomic E-state index is 0.0826. The molecule has 4 N–H and O–H groups in total. The number of nitriles is 1. The van der Waals surface area contributed by atoms with E-state index in [-0.39, 0.29) is 30.1 Å². The van der Waals surface area contributed by atoms with Crippen molar-refractivity contribution in [3.05, 3.63) is 30.0 Å². The molecule has 3 amide bonds. The molecule has 2 fully saturated rings. The number of aromatic nitrogens is 1. The van der Waals surface area contributed by atoms with E-state index in [1.54, 1.807) is 13.2 Å². The lowest BCUT2D eigenvalue weighted by Gasteiger charge is -2.27. The Balaban J connectivity index is 1.48. The number of aromatic amines is 1. The first-order valence-electron chi connectivity index (χ1n) is 12.4. The van der Waals surface area contributed by atoms with Crippen molar-refractivity contribution in [3.8, 4) is 11.8 Å². The van der Waals surface area contributed by atoms with Crippen LogP contribution in [0.15, 0.2) is 24.3 Å². The summed E-state index contributed by atoms with van der Waals surface area (Å²) in [6, 6.07) is 7.78. The minimum Gasteiger partial charge on any atom is -0.496 e. The van der Waals surface area contributed by atoms with Gasteiger partial charge in [-0.1, -0.05) is 38.2 Å². The van der Waals surface area contributed by atoms with E-state index in [2.05, 4.69) is 27.0 Å². The van der Waals surface area contributed by atoms with Crippen molar-refractivity contribution in [2.45, 2.75) is 63.5 Å². The van der Waals surface area contributed by atoms with E-state index in [0.29, 0.717) is 36.7 Å². The fourth-order valence-electron chi connectivity index (χ4n) is 5.22. The molecular formula is C26H33N5O4. The smallest absolute Gasteiger partial charge is 0.268 e. The van der Waals surface area contributed by atoms with Gasteiger partial charge in [0.1, 0.15) is 23.5 Å². The highest BCUT2D eigenvalue weighted by Crippen LogP contribution is 2.28. The lowest BCUT2D eigenvalue weighted by molar-refractivity contribution is -0.125. The molecule has 1 aromatic heterocycles. The van der Waals surface area contributed by atoms with Gasteiger partial charge in [-0.2, -0.15) is 5.26 Å². The summed E-state index contributed by atoms with van der Waals surface area (Å²) in [5, 5.41) is 18.8. The van der Waals surface area contributed by atoms with E-state index in [4.69, 9.17) is 4.74 Å². The van der Waals surface area contributed by atoms with Crippen molar-refractivity contribution in [2.24, 2.45) is 11.8 Å². The van der Waals surface area contributed by atoms with Crippen LogP contribution in [0.1, 0.15) is 61.9 Å². The Labute approximate surface area is 205 Å². The van der Waals surface area contributed by atoms with Gasteiger partial charge < -0.3 is 25.7 Å². The second-order valence-electron chi connectivity index (χ2n) is 9.57. The number of ether oxygens (including phenoxy) is 1. The molecule has 2 heterocycles. The Morgan fingerprint density at radius 3 is 2.66 bits per heavy atom. The van der Waals surface area contributed by atoms with Gasteiger partial charge in [0, 0.05) is 23.4 Å². The maximum Gasteiger partial charge on any atom is 0.268 e. The highest BCUT2D eigenvalue weighted by molar-refractivity contribution is 6.01. The molecule has 3 atom stereocenters. The van der Waals surface area contributed by atoms with Crippen LogP contribution in [0.2, 0.25) is 0 Å². The second-order valence-corrected chi connectivity index (χ2v) is 9.57. The molecule has 186 valence electrons. The zero-order chi connectivity index (χ0) is 24.8. The SMILES string of the molecule is COc1cccc2[nH]c(C(=O)NC(CC3CCCCC3)C(=O)NC(C#N)C[C@@H]3CCNC3=O)cc12. The molecule has 0 spiro atoms. The van der Waals surface area contributed by atoms with Crippen molar-refractivity contribution in [1.29, 1.82) is 5.26 Å². The number of rotatable bonds is 9. The predicted octanol–water partition coefficient (Wildman–Crippen LogP) is 2.78. The third-order valence-corrected chi connectivity index (χ3v) is 7.16. The van der Waals surface area contributed by atoms with E-state index in [1.807, 2.05) is 18.2 Å². The Kier molecular flexibility index (Phi) is 7.91. The molecule has 2 aromatic rings. The normalized spacial score (nSPS) is 20.0. The average molecular weight is 480 g/mol. The Bertz CT molecular complexity index is 1110. The first-order valence-corrected chi connectivity index (χ1v) is 12.4. The van der Waals surface area contributed by atoms with Crippen LogP contribution in [-0.2, 0) is 9.59 Å². The Morgan fingerprint density at radius 2 is 1.97 bits per heavy atom. The van der Waals surface area contributed by atoms with Crippen molar-refractivity contribution in [1.82, 2.24) is 20.9 Å². The molecule has 2 aliphatic rings. The molecule has 0 radical (unpaired) electrons. The summed E-state index contributed by atoms with van der Waals surface area (Å²) < 4.78 is 5.38. The van der Waals surface area contributed by atoms with Gasteiger partial charge in [0.15, 0.2) is 0 Å². The minimum atomic E-state index is -0.792. The fraction of sp³-hybridized carbons (Fsp3) is 0.538. The summed E-state index contributed by atoms with van der Waals surface area (Å²) in [6.07, 6.45) is 6.90. The highest BCUT2D eigenvalue weighted by atomic mass is 16.5. The van der Waals surface area contributed by atoms with Crippen LogP contribution in [0.4, 0.5) is 0 Å². The number of fused-ring (bicyclic) bond motifs is 1. The zero-order valence-corrected chi connectivity index (χ0v) is 20.1. The standard InChI is InChI=1S/C26H33N5O4/c1-35-23-9-5-8-20-19(23)14-22(30-20)26(34)31-21(12-16-6-3-2-4-7-16)25(33)29-18(15-27)13-17-10-11-28-24(17)32/h5,8-9,14,16-18,21,30H,2-4,6-7,10-13H2,1H3,(H,28,32)(H,29,33)(H,31,34)/t17-,18?,21?/m0/s1. The monoisotopic (exact) mass is 479 g/mol. The molecule has 4 rings (SSSR count). The number of benzene rings is 1. The fourth-order valence-corrected chi connectivity index (χ4v) is 5.22. The van der Waals surface area contributed by atoms with Gasteiger partial charge in [0.05, 0.1) is 13.2 Å². The van der Waals surface area contributed by atoms with Crippen LogP contribution in [-0.4, -0.2) is 48.4 Å². The lowest BCUT2D eigenvalue weighted by atomic mass is 9.84. The van der Waals surface area contributed by atoms with Crippen LogP contribution in [0.5, 0.6) is 5.75 Å². The molecule has 1 aromatic carbocycles. The van der Waals surface area contributed by atoms with Crippen LogP contribution in [0, 0.1) is 23.2 Å². The molecule has 35 heavy (non-hydrogen) atoms. The molecule has 1 aliphatic heterocycles. The number of amides is 3. The molecular weight excluding hydrogens is 446 g/mol. The lowest BCUT2D eigenvalue weighted by Crippen LogP contribution is -2.50. The summed E-state index contributed by atoms with van der Waals surface area (Å²) in [5.74, 6) is -0.148. The van der Waals surface area contributed by atoms with Crippen molar-refractivity contribution in [2.75, 3.05) is 13.7 Å². The van der Waals surface area contributed by atoms with Gasteiger partial charge in [-0.15, -0.1) is 0 Å². The van der Waals surface area contributed by atoms with Crippen molar-refractivity contribution >= 4 is 28.6 Å². The van der Waals surface area contributed by atoms with Crippen LogP contribution in [0.3, 0.4) is 0 Å². The number of carbonyl (C=O) groups excluding carboxylic acids is 3.